The van der Waals surface area contributed by atoms with E-state index in [1.807, 2.05) is 43.3 Å². The zero-order valence-electron chi connectivity index (χ0n) is 22.1. The lowest BCUT2D eigenvalue weighted by atomic mass is 10.0. The highest BCUT2D eigenvalue weighted by atomic mass is 35.5. The second kappa shape index (κ2) is 10.4. The lowest BCUT2D eigenvalue weighted by Crippen LogP contribution is -2.13. The van der Waals surface area contributed by atoms with E-state index in [0.717, 1.165) is 18.4 Å². The van der Waals surface area contributed by atoms with Gasteiger partial charge in [-0.1, -0.05) is 59.3 Å². The first-order valence-corrected chi connectivity index (χ1v) is 13.0. The van der Waals surface area contributed by atoms with E-state index in [1.54, 1.807) is 29.1 Å². The van der Waals surface area contributed by atoms with E-state index in [2.05, 4.69) is 32.0 Å². The molecule has 5 aromatic rings. The number of nitrogens with zero attached hydrogens (tertiary/aromatic N) is 5. The number of nitrogens with one attached hydrogen (secondary N) is 2. The van der Waals surface area contributed by atoms with E-state index >= 15 is 0 Å². The van der Waals surface area contributed by atoms with Gasteiger partial charge in [0, 0.05) is 23.3 Å². The van der Waals surface area contributed by atoms with Gasteiger partial charge in [0.2, 0.25) is 0 Å². The summed E-state index contributed by atoms with van der Waals surface area (Å²) in [4.78, 5) is 4.45. The van der Waals surface area contributed by atoms with Crippen LogP contribution in [0.3, 0.4) is 0 Å². The zero-order chi connectivity index (χ0) is 27.9. The Morgan fingerprint density at radius 1 is 1.10 bits per heavy atom. The average Bonchev–Trinajstić information content (AvgIpc) is 3.69. The predicted molar refractivity (Wildman–Crippen MR) is 150 cm³/mol. The van der Waals surface area contributed by atoms with Crippen molar-refractivity contribution in [3.05, 3.63) is 112 Å². The number of benzene rings is 3. The second-order valence-electron chi connectivity index (χ2n) is 9.61. The number of nitriles is 1. The maximum atomic E-state index is 13.8. The van der Waals surface area contributed by atoms with Gasteiger partial charge in [-0.3, -0.25) is 4.98 Å². The Morgan fingerprint density at radius 3 is 2.59 bits per heavy atom. The number of halogens is 2. The van der Waals surface area contributed by atoms with Crippen LogP contribution in [0, 0.1) is 17.1 Å². The quantitative estimate of drug-likeness (QED) is 0.217. The lowest BCUT2D eigenvalue weighted by molar-refractivity contribution is 0.610. The molecular formula is C30H25ClFN7. The van der Waals surface area contributed by atoms with E-state index in [-0.39, 0.29) is 12.1 Å². The molecular weight excluding hydrogens is 513 g/mol. The van der Waals surface area contributed by atoms with Gasteiger partial charge in [-0.05, 0) is 55.2 Å². The molecule has 0 radical (unpaired) electrons. The van der Waals surface area contributed by atoms with Crippen molar-refractivity contribution in [1.29, 1.82) is 5.26 Å². The van der Waals surface area contributed by atoms with Crippen LogP contribution in [-0.2, 0) is 0 Å². The van der Waals surface area contributed by atoms with E-state index in [4.69, 9.17) is 11.6 Å². The van der Waals surface area contributed by atoms with Crippen molar-refractivity contribution in [3.8, 4) is 6.07 Å². The Hall–Kier alpha value is -4.48. The summed E-state index contributed by atoms with van der Waals surface area (Å²) in [6.45, 7) is 2.01. The van der Waals surface area contributed by atoms with Crippen LogP contribution < -0.4 is 10.6 Å². The van der Waals surface area contributed by atoms with Gasteiger partial charge in [0.25, 0.3) is 0 Å². The molecule has 1 aliphatic carbocycles. The van der Waals surface area contributed by atoms with Gasteiger partial charge >= 0.3 is 0 Å². The van der Waals surface area contributed by atoms with Crippen molar-refractivity contribution in [2.75, 3.05) is 10.6 Å². The fraction of sp³-hybridized carbons (Fsp3) is 0.200. The monoisotopic (exact) mass is 538 g/mol. The van der Waals surface area contributed by atoms with Crippen molar-refractivity contribution >= 4 is 33.9 Å². The van der Waals surface area contributed by atoms with Gasteiger partial charge < -0.3 is 10.6 Å². The highest BCUT2D eigenvalue weighted by Gasteiger charge is 2.27. The number of pyridine rings is 1. The lowest BCUT2D eigenvalue weighted by Gasteiger charge is -2.21. The second-order valence-corrected chi connectivity index (χ2v) is 10.0. The van der Waals surface area contributed by atoms with E-state index < -0.39 is 11.8 Å². The fourth-order valence-electron chi connectivity index (χ4n) is 4.57. The van der Waals surface area contributed by atoms with Crippen LogP contribution >= 0.6 is 11.6 Å². The Kier molecular flexibility index (Phi) is 6.27. The maximum absolute atomic E-state index is 13.8. The van der Waals surface area contributed by atoms with Crippen molar-refractivity contribution in [2.24, 2.45) is 0 Å². The third-order valence-corrected chi connectivity index (χ3v) is 7.08. The molecule has 1 saturated carbocycles. The van der Waals surface area contributed by atoms with Crippen LogP contribution in [0.15, 0.2) is 79.1 Å². The molecule has 6 rings (SSSR count). The molecule has 3 aromatic carbocycles. The molecule has 39 heavy (non-hydrogen) atoms. The summed E-state index contributed by atoms with van der Waals surface area (Å²) in [5.74, 6) is -0.403. The average molecular weight is 539 g/mol. The minimum absolute atomic E-state index is 0.110. The molecule has 2 heterocycles. The van der Waals surface area contributed by atoms with E-state index in [1.165, 1.54) is 18.3 Å². The van der Waals surface area contributed by atoms with Gasteiger partial charge in [-0.2, -0.15) is 5.26 Å². The normalized spacial score (nSPS) is 15.7. The van der Waals surface area contributed by atoms with E-state index in [9.17, 15) is 11.0 Å². The van der Waals surface area contributed by atoms with Crippen molar-refractivity contribution in [3.63, 3.8) is 0 Å². The maximum Gasteiger partial charge on any atom is 0.123 e. The summed E-state index contributed by atoms with van der Waals surface area (Å²) < 4.78 is 25.1. The van der Waals surface area contributed by atoms with Crippen LogP contribution in [0.1, 0.15) is 61.6 Å². The van der Waals surface area contributed by atoms with Crippen molar-refractivity contribution in [1.82, 2.24) is 20.0 Å². The molecule has 2 aromatic heterocycles. The standard InChI is InChI=1S/C30H25ClFN7/c1-18(19-5-3-2-4-6-19)35-28-21(15-33)16-34-30-25(28)13-23(14-26(30)31)36-29(20-7-9-22(32)10-8-20)27-17-39(38-37-27)24-11-12-24/h2-10,13-14,16-18,24,29,36H,11-12H2,1H3,(H,34,35)/t18-,29+/m1/s1/i29D. The Labute approximate surface area is 231 Å². The van der Waals surface area contributed by atoms with Gasteiger partial charge in [0.1, 0.15) is 17.6 Å². The SMILES string of the molecule is [2H][C@](Nc1cc(Cl)c2ncc(C#N)c(N[C@H](C)c3ccccc3)c2c1)(c1ccc(F)cc1)c1cn(C2CC2)nn1. The van der Waals surface area contributed by atoms with Crippen LogP contribution in [0.4, 0.5) is 15.8 Å². The Morgan fingerprint density at radius 2 is 1.87 bits per heavy atom. The van der Waals surface area contributed by atoms with Gasteiger partial charge in [0.15, 0.2) is 0 Å². The summed E-state index contributed by atoms with van der Waals surface area (Å²) in [6.07, 6.45) is 5.30. The highest BCUT2D eigenvalue weighted by Crippen LogP contribution is 2.38. The smallest absolute Gasteiger partial charge is 0.123 e. The van der Waals surface area contributed by atoms with E-state index in [0.29, 0.717) is 44.1 Å². The van der Waals surface area contributed by atoms with Crippen molar-refractivity contribution < 1.29 is 5.76 Å². The first-order chi connectivity index (χ1) is 19.4. The molecule has 9 heteroatoms. The van der Waals surface area contributed by atoms with Gasteiger partial charge in [-0.15, -0.1) is 5.10 Å². The molecule has 0 unspecified atom stereocenters. The number of hydrogen-bond donors (Lipinski definition) is 2. The summed E-state index contributed by atoms with van der Waals surface area (Å²) in [5, 5.41) is 26.2. The number of rotatable bonds is 8. The summed E-state index contributed by atoms with van der Waals surface area (Å²) in [6, 6.07) is 19.9. The van der Waals surface area contributed by atoms with Gasteiger partial charge in [-0.25, -0.2) is 9.07 Å². The topological polar surface area (TPSA) is 91.5 Å². The Balaban J connectivity index is 1.45. The number of aromatic nitrogens is 4. The third-order valence-electron chi connectivity index (χ3n) is 6.80. The van der Waals surface area contributed by atoms with Crippen molar-refractivity contribution in [2.45, 2.75) is 37.9 Å². The van der Waals surface area contributed by atoms with Crippen LogP contribution in [0.5, 0.6) is 0 Å². The molecule has 0 spiro atoms. The first kappa shape index (κ1) is 23.6. The summed E-state index contributed by atoms with van der Waals surface area (Å²) in [5.41, 5.74) is 3.88. The minimum Gasteiger partial charge on any atom is -0.377 e. The molecule has 0 bridgehead atoms. The van der Waals surface area contributed by atoms with Gasteiger partial charge in [0.05, 0.1) is 41.4 Å². The van der Waals surface area contributed by atoms with Crippen LogP contribution in [0.25, 0.3) is 10.9 Å². The summed E-state index contributed by atoms with van der Waals surface area (Å²) >= 11 is 6.72. The number of hydrogen-bond acceptors (Lipinski definition) is 6. The Bertz CT molecular complexity index is 1730. The highest BCUT2D eigenvalue weighted by molar-refractivity contribution is 6.35. The molecule has 0 saturated heterocycles. The molecule has 2 atom stereocenters. The molecule has 0 aliphatic heterocycles. The predicted octanol–water partition coefficient (Wildman–Crippen LogP) is 7.20. The molecule has 1 fully saturated rings. The zero-order valence-corrected chi connectivity index (χ0v) is 21.8. The fourth-order valence-corrected chi connectivity index (χ4v) is 4.84. The number of fused-ring (bicyclic) bond motifs is 1. The van der Waals surface area contributed by atoms with Crippen LogP contribution in [-0.4, -0.2) is 20.0 Å². The molecule has 0 amide bonds. The minimum atomic E-state index is -1.61. The number of anilines is 2. The molecule has 194 valence electrons. The first-order valence-electron chi connectivity index (χ1n) is 13.2. The molecule has 2 N–H and O–H groups in total. The summed E-state index contributed by atoms with van der Waals surface area (Å²) in [7, 11) is 0. The molecule has 7 nitrogen and oxygen atoms in total. The largest absolute Gasteiger partial charge is 0.377 e. The molecule has 1 aliphatic rings. The van der Waals surface area contributed by atoms with Crippen LogP contribution in [0.2, 0.25) is 5.02 Å². The third kappa shape index (κ3) is 5.14.